The Bertz CT molecular complexity index is 1260. The maximum absolute atomic E-state index is 13.0. The molecule has 1 aliphatic rings. The minimum atomic E-state index is -0.242. The van der Waals surface area contributed by atoms with Gasteiger partial charge in [0.1, 0.15) is 14.7 Å². The van der Waals surface area contributed by atoms with Crippen LogP contribution in [0.2, 0.25) is 0 Å². The van der Waals surface area contributed by atoms with Gasteiger partial charge in [-0.2, -0.15) is 0 Å². The van der Waals surface area contributed by atoms with E-state index >= 15 is 0 Å². The van der Waals surface area contributed by atoms with Crippen molar-refractivity contribution in [1.29, 1.82) is 0 Å². The summed E-state index contributed by atoms with van der Waals surface area (Å²) in [4.78, 5) is 26.0. The number of nitrogens with one attached hydrogen (secondary N) is 1. The molecule has 33 heavy (non-hydrogen) atoms. The van der Waals surface area contributed by atoms with Crippen molar-refractivity contribution in [2.45, 2.75) is 10.8 Å². The third kappa shape index (κ3) is 4.80. The van der Waals surface area contributed by atoms with Crippen LogP contribution >= 0.6 is 23.1 Å². The van der Waals surface area contributed by atoms with Crippen LogP contribution in [0, 0.1) is 0 Å². The van der Waals surface area contributed by atoms with Gasteiger partial charge in [-0.05, 0) is 17.7 Å². The van der Waals surface area contributed by atoms with E-state index in [1.54, 1.807) is 11.8 Å². The number of rotatable bonds is 6. The summed E-state index contributed by atoms with van der Waals surface area (Å²) in [5, 5.41) is 4.46. The highest BCUT2D eigenvalue weighted by Gasteiger charge is 2.24. The molecule has 0 saturated carbocycles. The number of thiophene rings is 1. The van der Waals surface area contributed by atoms with Gasteiger partial charge in [0.05, 0.1) is 24.3 Å². The maximum Gasteiger partial charge on any atom is 0.267 e. The SMILES string of the molecule is Nc1c(C(=O)Nc2ccccc2)sc2nc(N3CCOCC3)nc(SCc3ccccc3)c12. The van der Waals surface area contributed by atoms with Crippen LogP contribution in [0.25, 0.3) is 10.2 Å². The van der Waals surface area contributed by atoms with Gasteiger partial charge in [-0.25, -0.2) is 9.97 Å². The number of hydrogen-bond acceptors (Lipinski definition) is 8. The predicted molar refractivity (Wildman–Crippen MR) is 135 cm³/mol. The van der Waals surface area contributed by atoms with E-state index in [-0.39, 0.29) is 5.91 Å². The normalized spacial score (nSPS) is 13.9. The molecule has 2 aromatic heterocycles. The highest BCUT2D eigenvalue weighted by molar-refractivity contribution is 7.98. The zero-order chi connectivity index (χ0) is 22.6. The quantitative estimate of drug-likeness (QED) is 0.308. The lowest BCUT2D eigenvalue weighted by molar-refractivity contribution is 0.103. The number of benzene rings is 2. The van der Waals surface area contributed by atoms with Gasteiger partial charge in [0, 0.05) is 24.5 Å². The average Bonchev–Trinajstić information content (AvgIpc) is 3.21. The first-order chi connectivity index (χ1) is 16.2. The molecule has 168 valence electrons. The number of aromatic nitrogens is 2. The minimum absolute atomic E-state index is 0.242. The van der Waals surface area contributed by atoms with Crippen molar-refractivity contribution in [3.05, 3.63) is 71.1 Å². The summed E-state index contributed by atoms with van der Waals surface area (Å²) in [6.07, 6.45) is 0. The van der Waals surface area contributed by atoms with Crippen molar-refractivity contribution in [2.24, 2.45) is 0 Å². The van der Waals surface area contributed by atoms with Crippen LogP contribution in [0.1, 0.15) is 15.2 Å². The highest BCUT2D eigenvalue weighted by Crippen LogP contribution is 2.40. The molecule has 9 heteroatoms. The Balaban J connectivity index is 1.52. The number of morpholine rings is 1. The van der Waals surface area contributed by atoms with E-state index in [0.717, 1.165) is 39.8 Å². The van der Waals surface area contributed by atoms with Gasteiger partial charge >= 0.3 is 0 Å². The second-order valence-electron chi connectivity index (χ2n) is 7.55. The van der Waals surface area contributed by atoms with Gasteiger partial charge in [0.25, 0.3) is 5.91 Å². The fraction of sp³-hybridized carbons (Fsp3) is 0.208. The number of carbonyl (C=O) groups excluding carboxylic acids is 1. The van der Waals surface area contributed by atoms with Crippen LogP contribution in [0.15, 0.2) is 65.7 Å². The lowest BCUT2D eigenvalue weighted by Crippen LogP contribution is -2.37. The zero-order valence-corrected chi connectivity index (χ0v) is 19.5. The molecule has 0 radical (unpaired) electrons. The number of amides is 1. The Morgan fingerprint density at radius 2 is 1.76 bits per heavy atom. The monoisotopic (exact) mass is 477 g/mol. The fourth-order valence-electron chi connectivity index (χ4n) is 3.59. The lowest BCUT2D eigenvalue weighted by atomic mass is 10.2. The Labute approximate surface area is 200 Å². The molecule has 0 unspecified atom stereocenters. The highest BCUT2D eigenvalue weighted by atomic mass is 32.2. The van der Waals surface area contributed by atoms with Crippen LogP contribution in [0.5, 0.6) is 0 Å². The average molecular weight is 478 g/mol. The summed E-state index contributed by atoms with van der Waals surface area (Å²) >= 11 is 2.92. The number of nitrogens with zero attached hydrogens (tertiary/aromatic N) is 3. The first kappa shape index (κ1) is 21.7. The molecule has 1 aliphatic heterocycles. The van der Waals surface area contributed by atoms with E-state index in [1.165, 1.54) is 16.9 Å². The van der Waals surface area contributed by atoms with E-state index in [2.05, 4.69) is 22.3 Å². The summed E-state index contributed by atoms with van der Waals surface area (Å²) in [7, 11) is 0. The molecule has 0 atom stereocenters. The second kappa shape index (κ2) is 9.78. The number of carbonyl (C=O) groups is 1. The van der Waals surface area contributed by atoms with Crippen molar-refractivity contribution < 1.29 is 9.53 Å². The van der Waals surface area contributed by atoms with Crippen molar-refractivity contribution in [3.63, 3.8) is 0 Å². The van der Waals surface area contributed by atoms with Gasteiger partial charge in [-0.3, -0.25) is 4.79 Å². The van der Waals surface area contributed by atoms with E-state index in [9.17, 15) is 4.79 Å². The molecular weight excluding hydrogens is 454 g/mol. The van der Waals surface area contributed by atoms with Crippen molar-refractivity contribution >= 4 is 56.5 Å². The number of anilines is 3. The predicted octanol–water partition coefficient (Wildman–Crippen LogP) is 4.65. The molecule has 5 rings (SSSR count). The molecule has 7 nitrogen and oxygen atoms in total. The van der Waals surface area contributed by atoms with E-state index in [4.69, 9.17) is 20.4 Å². The van der Waals surface area contributed by atoms with Crippen LogP contribution in [0.3, 0.4) is 0 Å². The molecule has 0 bridgehead atoms. The fourth-order valence-corrected chi connectivity index (χ4v) is 5.64. The molecular formula is C24H23N5O2S2. The maximum atomic E-state index is 13.0. The Hall–Kier alpha value is -3.14. The molecule has 3 N–H and O–H groups in total. The first-order valence-electron chi connectivity index (χ1n) is 10.6. The smallest absolute Gasteiger partial charge is 0.267 e. The zero-order valence-electron chi connectivity index (χ0n) is 17.9. The van der Waals surface area contributed by atoms with Gasteiger partial charge in [-0.15, -0.1) is 23.1 Å². The van der Waals surface area contributed by atoms with Crippen LogP contribution in [-0.2, 0) is 10.5 Å². The van der Waals surface area contributed by atoms with Crippen molar-refractivity contribution in [2.75, 3.05) is 42.3 Å². The van der Waals surface area contributed by atoms with Crippen LogP contribution in [-0.4, -0.2) is 42.2 Å². The molecule has 4 aromatic rings. The van der Waals surface area contributed by atoms with Crippen molar-refractivity contribution in [3.8, 4) is 0 Å². The molecule has 0 spiro atoms. The number of thioether (sulfide) groups is 1. The lowest BCUT2D eigenvalue weighted by Gasteiger charge is -2.27. The van der Waals surface area contributed by atoms with Crippen LogP contribution < -0.4 is 16.0 Å². The summed E-state index contributed by atoms with van der Waals surface area (Å²) in [5.74, 6) is 1.15. The molecule has 1 saturated heterocycles. The summed E-state index contributed by atoms with van der Waals surface area (Å²) in [6, 6.07) is 19.6. The minimum Gasteiger partial charge on any atom is -0.397 e. The van der Waals surface area contributed by atoms with E-state index < -0.39 is 0 Å². The number of hydrogen-bond donors (Lipinski definition) is 2. The molecule has 0 aliphatic carbocycles. The summed E-state index contributed by atoms with van der Waals surface area (Å²) in [5.41, 5.74) is 8.85. The largest absolute Gasteiger partial charge is 0.397 e. The Morgan fingerprint density at radius 3 is 2.48 bits per heavy atom. The Morgan fingerprint density at radius 1 is 1.06 bits per heavy atom. The third-order valence-corrected chi connectivity index (χ3v) is 7.44. The number of fused-ring (bicyclic) bond motifs is 1. The van der Waals surface area contributed by atoms with E-state index in [1.807, 2.05) is 48.5 Å². The topological polar surface area (TPSA) is 93.4 Å². The number of ether oxygens (including phenoxy) is 1. The standard InChI is InChI=1S/C24H23N5O2S2/c25-19-18-22(32-15-16-7-3-1-4-8-16)27-24(29-11-13-31-14-12-29)28-23(18)33-20(19)21(30)26-17-9-5-2-6-10-17/h1-10H,11-15,25H2,(H,26,30). The Kier molecular flexibility index (Phi) is 6.43. The van der Waals surface area contributed by atoms with Gasteiger partial charge in [0.2, 0.25) is 5.95 Å². The van der Waals surface area contributed by atoms with Crippen molar-refractivity contribution in [1.82, 2.24) is 9.97 Å². The van der Waals surface area contributed by atoms with Gasteiger partial charge in [-0.1, -0.05) is 48.5 Å². The van der Waals surface area contributed by atoms with Gasteiger partial charge in [0.15, 0.2) is 0 Å². The summed E-state index contributed by atoms with van der Waals surface area (Å²) < 4.78 is 5.48. The van der Waals surface area contributed by atoms with Gasteiger partial charge < -0.3 is 20.7 Å². The molecule has 1 fully saturated rings. The number of nitrogens with two attached hydrogens (primary N) is 1. The molecule has 1 amide bonds. The van der Waals surface area contributed by atoms with E-state index in [0.29, 0.717) is 29.7 Å². The first-order valence-corrected chi connectivity index (χ1v) is 12.4. The third-order valence-electron chi connectivity index (χ3n) is 5.29. The summed E-state index contributed by atoms with van der Waals surface area (Å²) in [6.45, 7) is 2.75. The number of para-hydroxylation sites is 1. The molecule has 2 aromatic carbocycles. The van der Waals surface area contributed by atoms with Crippen LogP contribution in [0.4, 0.5) is 17.3 Å². The number of nitrogen functional groups attached to an aromatic ring is 1. The second-order valence-corrected chi connectivity index (χ2v) is 9.51. The molecule has 3 heterocycles.